The molecule has 9 N–H and O–H groups in total. The van der Waals surface area contributed by atoms with Crippen LogP contribution >= 0.6 is 0 Å². The van der Waals surface area contributed by atoms with Crippen molar-refractivity contribution < 1.29 is 88.7 Å². The van der Waals surface area contributed by atoms with Crippen molar-refractivity contribution in [1.82, 2.24) is 0 Å². The fourth-order valence-electron chi connectivity index (χ4n) is 7.19. The summed E-state index contributed by atoms with van der Waals surface area (Å²) in [5, 5.41) is 91.0. The van der Waals surface area contributed by atoms with Crippen LogP contribution in [0.2, 0.25) is 0 Å². The average Bonchev–Trinajstić information content (AvgIpc) is 3.41. The summed E-state index contributed by atoms with van der Waals surface area (Å²) < 4.78 is 38.6. The van der Waals surface area contributed by atoms with Crippen molar-refractivity contribution in [2.24, 2.45) is 29.6 Å². The van der Waals surface area contributed by atoms with Crippen LogP contribution in [0.1, 0.15) is 33.6 Å². The maximum atomic E-state index is 13.4. The molecular weight excluding hydrogens is 684 g/mol. The monoisotopic (exact) mass is 736 g/mol. The van der Waals surface area contributed by atoms with Crippen molar-refractivity contribution in [2.75, 3.05) is 33.5 Å². The van der Waals surface area contributed by atoms with Crippen molar-refractivity contribution in [3.8, 4) is 0 Å². The molecule has 1 saturated carbocycles. The lowest BCUT2D eigenvalue weighted by Crippen LogP contribution is -2.60. The number of carbonyl (C=O) groups excluding carboxylic acids is 2. The third-order valence-electron chi connectivity index (χ3n) is 10.5. The van der Waals surface area contributed by atoms with Gasteiger partial charge in [-0.2, -0.15) is 0 Å². The molecule has 1 aliphatic carbocycles. The van der Waals surface area contributed by atoms with Gasteiger partial charge in [-0.1, -0.05) is 19.9 Å². The van der Waals surface area contributed by atoms with Gasteiger partial charge in [0.15, 0.2) is 12.6 Å². The molecule has 2 saturated heterocycles. The molecule has 0 aromatic carbocycles. The lowest BCUT2D eigenvalue weighted by Gasteiger charge is -2.42. The molecule has 0 aromatic rings. The zero-order valence-corrected chi connectivity index (χ0v) is 28.9. The van der Waals surface area contributed by atoms with Crippen molar-refractivity contribution in [3.63, 3.8) is 0 Å². The minimum atomic E-state index is -1.74. The predicted molar refractivity (Wildman–Crippen MR) is 168 cm³/mol. The number of hydrogen-bond acceptors (Lipinski definition) is 18. The van der Waals surface area contributed by atoms with E-state index in [4.69, 9.17) is 33.2 Å². The Morgan fingerprint density at radius 2 is 1.51 bits per heavy atom. The first-order chi connectivity index (χ1) is 24.2. The topological polar surface area (TPSA) is 281 Å². The first kappa shape index (κ1) is 41.5. The van der Waals surface area contributed by atoms with E-state index in [1.54, 1.807) is 6.92 Å². The minimum absolute atomic E-state index is 0.00703. The largest absolute Gasteiger partial charge is 0.468 e. The second-order valence-corrected chi connectivity index (χ2v) is 13.6. The molecule has 3 fully saturated rings. The molecule has 51 heavy (non-hydrogen) atoms. The molecule has 0 unspecified atom stereocenters. The number of rotatable bonds is 13. The Balaban J connectivity index is 1.41. The fraction of sp³-hybridized carbons (Fsp3) is 0.818. The summed E-state index contributed by atoms with van der Waals surface area (Å²) in [6, 6.07) is 0. The zero-order valence-electron chi connectivity index (χ0n) is 28.9. The van der Waals surface area contributed by atoms with Crippen LogP contribution in [0.25, 0.3) is 0 Å². The van der Waals surface area contributed by atoms with E-state index >= 15 is 0 Å². The standard InChI is InChI=1S/C33H52O18/c1-5-15-17(19(30(44)45-4)12-48-31(15)51-33-29(43)27(41)25(39)22(9-35)50-33)7-23(37)46-11-18-14(3)20(36)6-16(18)13(2)10-47-32-28(42)26(40)24(38)21(8-34)49-32/h5,12-14,16-18,20-22,24-29,31-36,38-43H,6-11H2,1-4H3/b15-5+/t13-,14-,16+,17-,18-,20-,21-,22+,24-,25+,26+,27-,28-,29+,31+,32-,33-/m1/s1. The normalized spacial score (nSPS) is 42.9. The lowest BCUT2D eigenvalue weighted by atomic mass is 9.83. The van der Waals surface area contributed by atoms with Crippen LogP contribution in [0.4, 0.5) is 0 Å². The van der Waals surface area contributed by atoms with Crippen molar-refractivity contribution >= 4 is 11.9 Å². The third kappa shape index (κ3) is 9.09. The molecule has 0 radical (unpaired) electrons. The Morgan fingerprint density at radius 1 is 0.922 bits per heavy atom. The van der Waals surface area contributed by atoms with Gasteiger partial charge in [0.25, 0.3) is 0 Å². The van der Waals surface area contributed by atoms with Gasteiger partial charge in [-0.25, -0.2) is 4.79 Å². The van der Waals surface area contributed by atoms with Gasteiger partial charge in [-0.15, -0.1) is 0 Å². The van der Waals surface area contributed by atoms with Gasteiger partial charge in [0.05, 0.1) is 57.9 Å². The molecule has 3 heterocycles. The van der Waals surface area contributed by atoms with E-state index in [0.717, 1.165) is 13.4 Å². The van der Waals surface area contributed by atoms with Crippen molar-refractivity contribution in [1.29, 1.82) is 0 Å². The molecule has 4 rings (SSSR count). The van der Waals surface area contributed by atoms with Crippen LogP contribution in [0, 0.1) is 29.6 Å². The Hall–Kier alpha value is -2.30. The second-order valence-electron chi connectivity index (χ2n) is 13.6. The van der Waals surface area contributed by atoms with Gasteiger partial charge in [0, 0.05) is 17.4 Å². The Kier molecular flexibility index (Phi) is 14.8. The second kappa shape index (κ2) is 18.2. The minimum Gasteiger partial charge on any atom is -0.468 e. The summed E-state index contributed by atoms with van der Waals surface area (Å²) in [5.41, 5.74) is 0.228. The molecule has 3 aliphatic heterocycles. The molecule has 0 aromatic heterocycles. The summed E-state index contributed by atoms with van der Waals surface area (Å²) in [5.74, 6) is -3.57. The molecular formula is C33H52O18. The van der Waals surface area contributed by atoms with E-state index in [1.165, 1.54) is 6.08 Å². The Bertz CT molecular complexity index is 1220. The van der Waals surface area contributed by atoms with E-state index in [1.807, 2.05) is 13.8 Å². The molecule has 18 nitrogen and oxygen atoms in total. The maximum absolute atomic E-state index is 13.4. The summed E-state index contributed by atoms with van der Waals surface area (Å²) in [6.07, 6.45) is -14.5. The van der Waals surface area contributed by atoms with Crippen LogP contribution in [0.15, 0.2) is 23.5 Å². The van der Waals surface area contributed by atoms with Crippen LogP contribution < -0.4 is 0 Å². The van der Waals surface area contributed by atoms with Crippen molar-refractivity contribution in [2.45, 2.75) is 107 Å². The molecule has 292 valence electrons. The number of allylic oxidation sites excluding steroid dienone is 1. The van der Waals surface area contributed by atoms with Crippen LogP contribution in [-0.4, -0.2) is 165 Å². The quantitative estimate of drug-likeness (QED) is 0.0665. The van der Waals surface area contributed by atoms with Gasteiger partial charge < -0.3 is 79.1 Å². The van der Waals surface area contributed by atoms with Crippen LogP contribution in [0.5, 0.6) is 0 Å². The van der Waals surface area contributed by atoms with Gasteiger partial charge in [0.1, 0.15) is 48.8 Å². The summed E-state index contributed by atoms with van der Waals surface area (Å²) in [6.45, 7) is 3.89. The summed E-state index contributed by atoms with van der Waals surface area (Å²) in [7, 11) is 1.15. The van der Waals surface area contributed by atoms with Gasteiger partial charge in [0.2, 0.25) is 6.29 Å². The van der Waals surface area contributed by atoms with E-state index in [2.05, 4.69) is 0 Å². The zero-order chi connectivity index (χ0) is 37.7. The number of methoxy groups -OCH3 is 1. The first-order valence-electron chi connectivity index (χ1n) is 17.0. The van der Waals surface area contributed by atoms with Gasteiger partial charge >= 0.3 is 11.9 Å². The van der Waals surface area contributed by atoms with E-state index in [9.17, 15) is 55.5 Å². The Morgan fingerprint density at radius 3 is 2.08 bits per heavy atom. The predicted octanol–water partition coefficient (Wildman–Crippen LogP) is -3.20. The number of esters is 2. The maximum Gasteiger partial charge on any atom is 0.337 e. The highest BCUT2D eigenvalue weighted by Gasteiger charge is 2.48. The molecule has 4 aliphatic rings. The number of ether oxygens (including phenoxy) is 7. The molecule has 0 amide bonds. The Labute approximate surface area is 294 Å². The first-order valence-corrected chi connectivity index (χ1v) is 17.0. The van der Waals surface area contributed by atoms with Gasteiger partial charge in [-0.05, 0) is 31.1 Å². The van der Waals surface area contributed by atoms with E-state index in [0.29, 0.717) is 6.42 Å². The average molecular weight is 737 g/mol. The number of aliphatic hydroxyl groups excluding tert-OH is 9. The van der Waals surface area contributed by atoms with Gasteiger partial charge in [-0.3, -0.25) is 4.79 Å². The molecule has 18 heteroatoms. The molecule has 0 bridgehead atoms. The highest BCUT2D eigenvalue weighted by atomic mass is 16.8. The van der Waals surface area contributed by atoms with Crippen LogP contribution in [0.3, 0.4) is 0 Å². The molecule has 0 spiro atoms. The number of aliphatic hydroxyl groups is 9. The molecule has 17 atom stereocenters. The van der Waals surface area contributed by atoms with Crippen molar-refractivity contribution in [3.05, 3.63) is 23.5 Å². The fourth-order valence-corrected chi connectivity index (χ4v) is 7.19. The smallest absolute Gasteiger partial charge is 0.337 e. The highest BCUT2D eigenvalue weighted by Crippen LogP contribution is 2.42. The summed E-state index contributed by atoms with van der Waals surface area (Å²) >= 11 is 0. The number of hydrogen-bond donors (Lipinski definition) is 9. The third-order valence-corrected chi connectivity index (χ3v) is 10.5. The lowest BCUT2D eigenvalue weighted by molar-refractivity contribution is -0.327. The van der Waals surface area contributed by atoms with E-state index < -0.39 is 105 Å². The van der Waals surface area contributed by atoms with Crippen LogP contribution in [-0.2, 0) is 42.7 Å². The number of carbonyl (C=O) groups is 2. The SMILES string of the molecule is C/C=C1/[C@H](O[C@H]2O[C@@H](CO)[C@H](O)[C@@H](O)[C@@H]2O)OC=C(C(=O)OC)[C@@H]1CC(=O)OC[C@@H]1[C@@H](C)[C@H](O)C[C@H]1[C@H](C)CO[C@@H]1O[C@H](CO)[C@@H](O)[C@H](O)[C@H]1O. The van der Waals surface area contributed by atoms with E-state index in [-0.39, 0.29) is 54.5 Å². The summed E-state index contributed by atoms with van der Waals surface area (Å²) in [4.78, 5) is 26.1. The highest BCUT2D eigenvalue weighted by molar-refractivity contribution is 5.90.